The van der Waals surface area contributed by atoms with Crippen molar-refractivity contribution in [2.45, 2.75) is 19.5 Å². The van der Waals surface area contributed by atoms with Crippen LogP contribution < -0.4 is 5.32 Å². The number of hydrogen-bond acceptors (Lipinski definition) is 5. The molecule has 0 saturated carbocycles. The summed E-state index contributed by atoms with van der Waals surface area (Å²) in [5.41, 5.74) is 0. The van der Waals surface area contributed by atoms with Gasteiger partial charge in [-0.1, -0.05) is 0 Å². The largest absolute Gasteiger partial charge is 0.480 e. The molecule has 0 spiro atoms. The van der Waals surface area contributed by atoms with Crippen molar-refractivity contribution in [1.82, 2.24) is 10.3 Å². The Bertz CT molecular complexity index is 324. The molecule has 0 aliphatic carbocycles. The standard InChI is InChI=1S/C9H14N2O4/c1-6-3-11-8(15-6)4-10-7(5-14-2)9(12)13/h3,7,10H,4-5H2,1-2H3,(H,12,13). The van der Waals surface area contributed by atoms with E-state index < -0.39 is 12.0 Å². The third-order valence-corrected chi connectivity index (χ3v) is 1.80. The number of nitrogens with zero attached hydrogens (tertiary/aromatic N) is 1. The zero-order valence-corrected chi connectivity index (χ0v) is 8.69. The minimum Gasteiger partial charge on any atom is -0.480 e. The monoisotopic (exact) mass is 214 g/mol. The number of ether oxygens (including phenoxy) is 1. The lowest BCUT2D eigenvalue weighted by Crippen LogP contribution is -2.39. The molecular formula is C9H14N2O4. The number of aliphatic carboxylic acids is 1. The van der Waals surface area contributed by atoms with Crippen molar-refractivity contribution in [3.8, 4) is 0 Å². The lowest BCUT2D eigenvalue weighted by Gasteiger charge is -2.11. The van der Waals surface area contributed by atoms with Gasteiger partial charge >= 0.3 is 5.97 Å². The minimum atomic E-state index is -0.958. The van der Waals surface area contributed by atoms with Crippen LogP contribution >= 0.6 is 0 Å². The van der Waals surface area contributed by atoms with Crippen LogP contribution in [0.15, 0.2) is 10.6 Å². The highest BCUT2D eigenvalue weighted by Gasteiger charge is 2.16. The van der Waals surface area contributed by atoms with Gasteiger partial charge < -0.3 is 14.3 Å². The number of carbonyl (C=O) groups is 1. The first-order valence-corrected chi connectivity index (χ1v) is 4.50. The molecule has 0 bridgehead atoms. The number of oxazole rings is 1. The van der Waals surface area contributed by atoms with Crippen molar-refractivity contribution in [1.29, 1.82) is 0 Å². The van der Waals surface area contributed by atoms with Gasteiger partial charge in [-0.25, -0.2) is 4.98 Å². The van der Waals surface area contributed by atoms with Gasteiger partial charge in [0.05, 0.1) is 19.3 Å². The Morgan fingerprint density at radius 3 is 3.00 bits per heavy atom. The number of rotatable bonds is 6. The van der Waals surface area contributed by atoms with E-state index in [4.69, 9.17) is 14.3 Å². The van der Waals surface area contributed by atoms with Crippen LogP contribution in [0.3, 0.4) is 0 Å². The predicted molar refractivity (Wildman–Crippen MR) is 51.4 cm³/mol. The molecule has 0 radical (unpaired) electrons. The molecule has 1 aromatic heterocycles. The number of nitrogens with one attached hydrogen (secondary N) is 1. The molecule has 0 saturated heterocycles. The van der Waals surface area contributed by atoms with Gasteiger partial charge in [0, 0.05) is 7.11 Å². The maximum atomic E-state index is 10.7. The van der Waals surface area contributed by atoms with E-state index >= 15 is 0 Å². The van der Waals surface area contributed by atoms with E-state index in [-0.39, 0.29) is 13.2 Å². The fraction of sp³-hybridized carbons (Fsp3) is 0.556. The van der Waals surface area contributed by atoms with Crippen LogP contribution in [0.2, 0.25) is 0 Å². The van der Waals surface area contributed by atoms with Crippen LogP contribution in [0.25, 0.3) is 0 Å². The third-order valence-electron chi connectivity index (χ3n) is 1.80. The molecule has 0 amide bonds. The number of aryl methyl sites for hydroxylation is 1. The van der Waals surface area contributed by atoms with E-state index in [9.17, 15) is 4.79 Å². The number of carboxylic acid groups (broad SMARTS) is 1. The molecule has 0 fully saturated rings. The summed E-state index contributed by atoms with van der Waals surface area (Å²) in [4.78, 5) is 14.7. The van der Waals surface area contributed by atoms with Crippen LogP contribution in [0.4, 0.5) is 0 Å². The molecule has 84 valence electrons. The summed E-state index contributed by atoms with van der Waals surface area (Å²) in [6.07, 6.45) is 1.59. The average molecular weight is 214 g/mol. The Balaban J connectivity index is 2.43. The van der Waals surface area contributed by atoms with Crippen LogP contribution in [-0.2, 0) is 16.1 Å². The normalized spacial score (nSPS) is 12.7. The van der Waals surface area contributed by atoms with Crippen LogP contribution in [-0.4, -0.2) is 35.8 Å². The zero-order chi connectivity index (χ0) is 11.3. The summed E-state index contributed by atoms with van der Waals surface area (Å²) in [6.45, 7) is 2.16. The minimum absolute atomic E-state index is 0.106. The zero-order valence-electron chi connectivity index (χ0n) is 8.69. The van der Waals surface area contributed by atoms with E-state index in [0.29, 0.717) is 11.7 Å². The molecule has 1 rings (SSSR count). The lowest BCUT2D eigenvalue weighted by molar-refractivity contribution is -0.140. The summed E-state index contributed by atoms with van der Waals surface area (Å²) in [5, 5.41) is 11.6. The molecule has 1 aromatic rings. The average Bonchev–Trinajstić information content (AvgIpc) is 2.58. The highest BCUT2D eigenvalue weighted by molar-refractivity contribution is 5.73. The molecular weight excluding hydrogens is 200 g/mol. The number of aromatic nitrogens is 1. The Hall–Kier alpha value is -1.40. The third kappa shape index (κ3) is 3.69. The fourth-order valence-electron chi connectivity index (χ4n) is 1.08. The van der Waals surface area contributed by atoms with Crippen molar-refractivity contribution in [2.75, 3.05) is 13.7 Å². The summed E-state index contributed by atoms with van der Waals surface area (Å²) < 4.78 is 9.95. The molecule has 0 aromatic carbocycles. The van der Waals surface area contributed by atoms with Gasteiger partial charge in [-0.2, -0.15) is 0 Å². The Kier molecular flexibility index (Phi) is 4.26. The molecule has 0 aliphatic heterocycles. The molecule has 1 atom stereocenters. The van der Waals surface area contributed by atoms with E-state index in [2.05, 4.69) is 10.3 Å². The number of hydrogen-bond donors (Lipinski definition) is 2. The second-order valence-electron chi connectivity index (χ2n) is 3.09. The first-order chi connectivity index (χ1) is 7.13. The molecule has 6 heteroatoms. The second-order valence-corrected chi connectivity index (χ2v) is 3.09. The number of methoxy groups -OCH3 is 1. The number of carboxylic acids is 1. The smallest absolute Gasteiger partial charge is 0.323 e. The first-order valence-electron chi connectivity index (χ1n) is 4.50. The van der Waals surface area contributed by atoms with Gasteiger partial charge in [0.25, 0.3) is 0 Å². The SMILES string of the molecule is COCC(NCc1ncc(C)o1)C(=O)O. The Morgan fingerprint density at radius 2 is 2.53 bits per heavy atom. The van der Waals surface area contributed by atoms with Gasteiger partial charge in [-0.05, 0) is 6.92 Å². The highest BCUT2D eigenvalue weighted by atomic mass is 16.5. The van der Waals surface area contributed by atoms with Crippen molar-refractivity contribution >= 4 is 5.97 Å². The van der Waals surface area contributed by atoms with Crippen LogP contribution in [0.1, 0.15) is 11.7 Å². The van der Waals surface area contributed by atoms with E-state index in [1.807, 2.05) is 0 Å². The van der Waals surface area contributed by atoms with E-state index in [0.717, 1.165) is 0 Å². The van der Waals surface area contributed by atoms with Crippen LogP contribution in [0.5, 0.6) is 0 Å². The van der Waals surface area contributed by atoms with E-state index in [1.165, 1.54) is 7.11 Å². The first kappa shape index (κ1) is 11.7. The molecule has 0 aliphatic rings. The van der Waals surface area contributed by atoms with Gasteiger partial charge in [0.1, 0.15) is 11.8 Å². The topological polar surface area (TPSA) is 84.6 Å². The summed E-state index contributed by atoms with van der Waals surface area (Å²) in [6, 6.07) is -0.748. The molecule has 15 heavy (non-hydrogen) atoms. The van der Waals surface area contributed by atoms with Gasteiger partial charge in [-0.3, -0.25) is 10.1 Å². The molecule has 1 unspecified atom stereocenters. The highest BCUT2D eigenvalue weighted by Crippen LogP contribution is 2.01. The second kappa shape index (κ2) is 5.47. The van der Waals surface area contributed by atoms with Crippen molar-refractivity contribution in [3.63, 3.8) is 0 Å². The molecule has 2 N–H and O–H groups in total. The fourth-order valence-corrected chi connectivity index (χ4v) is 1.08. The Morgan fingerprint density at radius 1 is 1.80 bits per heavy atom. The predicted octanol–water partition coefficient (Wildman–Crippen LogP) is 0.172. The van der Waals surface area contributed by atoms with Gasteiger partial charge in [0.15, 0.2) is 0 Å². The lowest BCUT2D eigenvalue weighted by atomic mass is 10.3. The summed E-state index contributed by atoms with van der Waals surface area (Å²) >= 11 is 0. The van der Waals surface area contributed by atoms with Crippen molar-refractivity contribution in [3.05, 3.63) is 17.8 Å². The van der Waals surface area contributed by atoms with Crippen LogP contribution in [0, 0.1) is 6.92 Å². The summed E-state index contributed by atoms with van der Waals surface area (Å²) in [5.74, 6) is 0.209. The molecule has 6 nitrogen and oxygen atoms in total. The maximum Gasteiger partial charge on any atom is 0.323 e. The Labute approximate surface area is 87.3 Å². The maximum absolute atomic E-state index is 10.7. The van der Waals surface area contributed by atoms with Gasteiger partial charge in [0.2, 0.25) is 5.89 Å². The van der Waals surface area contributed by atoms with Crippen molar-refractivity contribution < 1.29 is 19.1 Å². The molecule has 1 heterocycles. The van der Waals surface area contributed by atoms with Crippen molar-refractivity contribution in [2.24, 2.45) is 0 Å². The van der Waals surface area contributed by atoms with Gasteiger partial charge in [-0.15, -0.1) is 0 Å². The quantitative estimate of drug-likeness (QED) is 0.702. The van der Waals surface area contributed by atoms with E-state index in [1.54, 1.807) is 13.1 Å². The summed E-state index contributed by atoms with van der Waals surface area (Å²) in [7, 11) is 1.45.